The second-order valence-corrected chi connectivity index (χ2v) is 6.16. The van der Waals surface area contributed by atoms with Crippen molar-refractivity contribution in [2.75, 3.05) is 25.0 Å². The molecule has 1 aliphatic carbocycles. The van der Waals surface area contributed by atoms with Gasteiger partial charge in [0.25, 0.3) is 0 Å². The van der Waals surface area contributed by atoms with Gasteiger partial charge in [0.1, 0.15) is 5.82 Å². The van der Waals surface area contributed by atoms with Crippen molar-refractivity contribution >= 4 is 11.6 Å². The molecule has 1 saturated heterocycles. The Kier molecular flexibility index (Phi) is 4.42. The van der Waals surface area contributed by atoms with Crippen LogP contribution >= 0.6 is 0 Å². The van der Waals surface area contributed by atoms with E-state index in [1.165, 1.54) is 18.9 Å². The fourth-order valence-corrected chi connectivity index (χ4v) is 2.97. The van der Waals surface area contributed by atoms with E-state index in [0.717, 1.165) is 44.3 Å². The summed E-state index contributed by atoms with van der Waals surface area (Å²) in [7, 11) is 0. The van der Waals surface area contributed by atoms with Crippen molar-refractivity contribution < 1.29 is 9.18 Å². The minimum Gasteiger partial charge on any atom is -0.376 e. The number of nitrogens with zero attached hydrogens (tertiary/aromatic N) is 1. The molecule has 3 nitrogen and oxygen atoms in total. The van der Waals surface area contributed by atoms with Gasteiger partial charge < -0.3 is 10.2 Å². The van der Waals surface area contributed by atoms with Gasteiger partial charge >= 0.3 is 0 Å². The second-order valence-electron chi connectivity index (χ2n) is 6.16. The van der Waals surface area contributed by atoms with E-state index in [0.29, 0.717) is 11.6 Å². The lowest BCUT2D eigenvalue weighted by Crippen LogP contribution is -2.36. The molecule has 21 heavy (non-hydrogen) atoms. The second kappa shape index (κ2) is 6.46. The first-order valence-electron chi connectivity index (χ1n) is 8.05. The summed E-state index contributed by atoms with van der Waals surface area (Å²) >= 11 is 0. The Labute approximate surface area is 125 Å². The fourth-order valence-electron chi connectivity index (χ4n) is 2.97. The highest BCUT2D eigenvalue weighted by Gasteiger charge is 2.26. The molecule has 1 aliphatic heterocycles. The number of carbonyl (C=O) groups excluding carboxylic acids is 1. The summed E-state index contributed by atoms with van der Waals surface area (Å²) in [4.78, 5) is 14.1. The lowest BCUT2D eigenvalue weighted by atomic mass is 10.1. The molecule has 0 bridgehead atoms. The Morgan fingerprint density at radius 3 is 2.52 bits per heavy atom. The summed E-state index contributed by atoms with van der Waals surface area (Å²) in [5.74, 6) is 0.381. The van der Waals surface area contributed by atoms with Crippen molar-refractivity contribution in [3.63, 3.8) is 0 Å². The van der Waals surface area contributed by atoms with Crippen LogP contribution in [-0.2, 0) is 4.79 Å². The number of carbonyl (C=O) groups is 1. The van der Waals surface area contributed by atoms with Gasteiger partial charge in [0.05, 0.1) is 6.54 Å². The molecule has 0 atom stereocenters. The number of likely N-dealkylation sites (tertiary alicyclic amines) is 1. The van der Waals surface area contributed by atoms with Crippen LogP contribution in [0.5, 0.6) is 0 Å². The van der Waals surface area contributed by atoms with E-state index in [-0.39, 0.29) is 18.3 Å². The molecule has 1 aromatic rings. The van der Waals surface area contributed by atoms with Crippen molar-refractivity contribution in [3.8, 4) is 0 Å². The predicted octanol–water partition coefficient (Wildman–Crippen LogP) is 3.52. The Hall–Kier alpha value is -1.58. The summed E-state index contributed by atoms with van der Waals surface area (Å²) in [6.07, 6.45) is 6.80. The fraction of sp³-hybridized carbons (Fsp3) is 0.588. The molecule has 2 fully saturated rings. The summed E-state index contributed by atoms with van der Waals surface area (Å²) in [5.41, 5.74) is 1.51. The van der Waals surface area contributed by atoms with Gasteiger partial charge in [-0.05, 0) is 49.3 Å². The number of hydrogen-bond acceptors (Lipinski definition) is 2. The third-order valence-corrected chi connectivity index (χ3v) is 4.42. The Morgan fingerprint density at radius 1 is 1.19 bits per heavy atom. The van der Waals surface area contributed by atoms with Crippen molar-refractivity contribution in [1.29, 1.82) is 0 Å². The first-order chi connectivity index (χ1) is 10.2. The molecule has 1 heterocycles. The van der Waals surface area contributed by atoms with Gasteiger partial charge in [-0.15, -0.1) is 0 Å². The summed E-state index contributed by atoms with van der Waals surface area (Å²) in [6, 6.07) is 5.25. The van der Waals surface area contributed by atoms with Gasteiger partial charge in [-0.3, -0.25) is 4.79 Å². The van der Waals surface area contributed by atoms with Crippen LogP contribution in [0.2, 0.25) is 0 Å². The molecule has 3 rings (SSSR count). The van der Waals surface area contributed by atoms with Gasteiger partial charge in [-0.25, -0.2) is 4.39 Å². The van der Waals surface area contributed by atoms with E-state index in [2.05, 4.69) is 5.32 Å². The molecule has 1 saturated carbocycles. The van der Waals surface area contributed by atoms with Crippen molar-refractivity contribution in [2.24, 2.45) is 0 Å². The Balaban J connectivity index is 1.54. The largest absolute Gasteiger partial charge is 0.376 e. The lowest BCUT2D eigenvalue weighted by Gasteiger charge is -2.20. The van der Waals surface area contributed by atoms with E-state index >= 15 is 0 Å². The van der Waals surface area contributed by atoms with Crippen LogP contribution in [-0.4, -0.2) is 30.4 Å². The molecule has 1 aromatic carbocycles. The van der Waals surface area contributed by atoms with E-state index in [1.54, 1.807) is 0 Å². The highest BCUT2D eigenvalue weighted by atomic mass is 19.1. The average Bonchev–Trinajstić information content (AvgIpc) is 3.31. The summed E-state index contributed by atoms with van der Waals surface area (Å²) in [6.45, 7) is 1.97. The monoisotopic (exact) mass is 290 g/mol. The number of hydrogen-bond donors (Lipinski definition) is 1. The van der Waals surface area contributed by atoms with Gasteiger partial charge in [-0.1, -0.05) is 18.9 Å². The van der Waals surface area contributed by atoms with Crippen LogP contribution in [0.25, 0.3) is 0 Å². The summed E-state index contributed by atoms with van der Waals surface area (Å²) in [5, 5.41) is 3.06. The third kappa shape index (κ3) is 3.74. The topological polar surface area (TPSA) is 32.3 Å². The molecule has 0 unspecified atom stereocenters. The number of amides is 1. The smallest absolute Gasteiger partial charge is 0.241 e. The zero-order chi connectivity index (χ0) is 14.7. The number of nitrogens with one attached hydrogen (secondary N) is 1. The van der Waals surface area contributed by atoms with Crippen LogP contribution in [0.3, 0.4) is 0 Å². The average molecular weight is 290 g/mol. The van der Waals surface area contributed by atoms with Crippen LogP contribution in [0.1, 0.15) is 50.0 Å². The maximum Gasteiger partial charge on any atom is 0.241 e. The molecule has 2 aliphatic rings. The summed E-state index contributed by atoms with van der Waals surface area (Å²) < 4.78 is 13.9. The number of rotatable bonds is 4. The first kappa shape index (κ1) is 14.4. The molecule has 1 N–H and O–H groups in total. The third-order valence-electron chi connectivity index (χ3n) is 4.42. The number of benzene rings is 1. The maximum absolute atomic E-state index is 13.9. The van der Waals surface area contributed by atoms with Gasteiger partial charge in [0.15, 0.2) is 0 Å². The molecular weight excluding hydrogens is 267 g/mol. The Morgan fingerprint density at radius 2 is 1.90 bits per heavy atom. The SMILES string of the molecule is O=C(CNc1ccc(C2CC2)c(F)c1)N1CCCCCC1. The zero-order valence-corrected chi connectivity index (χ0v) is 12.4. The molecule has 0 aromatic heterocycles. The molecular formula is C17H23FN2O. The van der Waals surface area contributed by atoms with Crippen LogP contribution in [0.4, 0.5) is 10.1 Å². The molecule has 0 radical (unpaired) electrons. The normalized spacial score (nSPS) is 19.2. The van der Waals surface area contributed by atoms with E-state index in [4.69, 9.17) is 0 Å². The molecule has 114 valence electrons. The highest BCUT2D eigenvalue weighted by Crippen LogP contribution is 2.41. The minimum atomic E-state index is -0.148. The van der Waals surface area contributed by atoms with Crippen LogP contribution in [0, 0.1) is 5.82 Å². The Bertz CT molecular complexity index is 506. The van der Waals surface area contributed by atoms with Crippen LogP contribution in [0.15, 0.2) is 18.2 Å². The van der Waals surface area contributed by atoms with E-state index in [1.807, 2.05) is 17.0 Å². The highest BCUT2D eigenvalue weighted by molar-refractivity contribution is 5.80. The predicted molar refractivity (Wildman–Crippen MR) is 81.9 cm³/mol. The van der Waals surface area contributed by atoms with E-state index < -0.39 is 0 Å². The van der Waals surface area contributed by atoms with Crippen molar-refractivity contribution in [3.05, 3.63) is 29.6 Å². The molecule has 4 heteroatoms. The van der Waals surface area contributed by atoms with Gasteiger partial charge in [-0.2, -0.15) is 0 Å². The molecule has 0 spiro atoms. The van der Waals surface area contributed by atoms with Crippen LogP contribution < -0.4 is 5.32 Å². The van der Waals surface area contributed by atoms with Crippen molar-refractivity contribution in [2.45, 2.75) is 44.4 Å². The van der Waals surface area contributed by atoms with Gasteiger partial charge in [0.2, 0.25) is 5.91 Å². The van der Waals surface area contributed by atoms with E-state index in [9.17, 15) is 9.18 Å². The van der Waals surface area contributed by atoms with Gasteiger partial charge in [0, 0.05) is 18.8 Å². The number of halogens is 1. The molecule has 1 amide bonds. The first-order valence-corrected chi connectivity index (χ1v) is 8.05. The maximum atomic E-state index is 13.9. The quantitative estimate of drug-likeness (QED) is 0.920. The van der Waals surface area contributed by atoms with Crippen molar-refractivity contribution in [1.82, 2.24) is 4.90 Å². The zero-order valence-electron chi connectivity index (χ0n) is 12.4. The minimum absolute atomic E-state index is 0.114. The lowest BCUT2D eigenvalue weighted by molar-refractivity contribution is -0.129. The standard InChI is InChI=1S/C17H23FN2O/c18-16-11-14(7-8-15(16)13-5-6-13)19-12-17(21)20-9-3-1-2-4-10-20/h7-8,11,13,19H,1-6,9-10,12H2. The number of anilines is 1.